The highest BCUT2D eigenvalue weighted by molar-refractivity contribution is 6.07. The summed E-state index contributed by atoms with van der Waals surface area (Å²) in [5.74, 6) is -2.95. The molecule has 2 aliphatic heterocycles. The molecule has 2 N–H and O–H groups in total. The lowest BCUT2D eigenvalue weighted by Crippen LogP contribution is -2.42. The number of carbonyl (C=O) groups is 3. The molecule has 208 valence electrons. The maximum Gasteiger partial charge on any atom is 0.355 e. The Kier molecular flexibility index (Phi) is 8.74. The van der Waals surface area contributed by atoms with Crippen molar-refractivity contribution in [2.24, 2.45) is 11.7 Å². The van der Waals surface area contributed by atoms with E-state index in [1.54, 1.807) is 43.3 Å². The predicted octanol–water partition coefficient (Wildman–Crippen LogP) is 3.36. The molecule has 0 aromatic heterocycles. The van der Waals surface area contributed by atoms with Crippen molar-refractivity contribution < 1.29 is 28.6 Å². The van der Waals surface area contributed by atoms with Gasteiger partial charge in [0.2, 0.25) is 0 Å². The average Bonchev–Trinajstić information content (AvgIpc) is 3.00. The number of para-hydroxylation sites is 2. The quantitative estimate of drug-likeness (QED) is 0.408. The highest BCUT2D eigenvalue weighted by Gasteiger charge is 2.43. The van der Waals surface area contributed by atoms with Gasteiger partial charge in [-0.05, 0) is 37.5 Å². The zero-order valence-electron chi connectivity index (χ0n) is 22.8. The first-order valence-electron chi connectivity index (χ1n) is 13.0. The largest absolute Gasteiger partial charge is 0.466 e. The lowest BCUT2D eigenvalue weighted by molar-refractivity contribution is -0.148. The summed E-state index contributed by atoms with van der Waals surface area (Å²) in [7, 11) is 2.43. The fourth-order valence-corrected chi connectivity index (χ4v) is 5.30. The third-order valence-corrected chi connectivity index (χ3v) is 7.19. The molecule has 0 amide bonds. The molecule has 2 heterocycles. The van der Waals surface area contributed by atoms with E-state index in [4.69, 9.17) is 19.9 Å². The Bertz CT molecular complexity index is 1390. The topological polar surface area (TPSA) is 135 Å². The molecule has 2 aromatic carbocycles. The molecule has 0 spiro atoms. The Labute approximate surface area is 233 Å². The van der Waals surface area contributed by atoms with E-state index in [2.05, 4.69) is 11.0 Å². The number of benzene rings is 2. The fraction of sp³-hybridized carbons (Fsp3) is 0.333. The summed E-state index contributed by atoms with van der Waals surface area (Å²) in [6.45, 7) is 3.22. The fourth-order valence-electron chi connectivity index (χ4n) is 5.30. The number of anilines is 2. The van der Waals surface area contributed by atoms with Crippen LogP contribution in [0.2, 0.25) is 0 Å². The van der Waals surface area contributed by atoms with Gasteiger partial charge in [0.25, 0.3) is 0 Å². The molecule has 40 heavy (non-hydrogen) atoms. The second-order valence-electron chi connectivity index (χ2n) is 9.34. The number of allylic oxidation sites excluding steroid dienone is 1. The monoisotopic (exact) mass is 544 g/mol. The molecule has 4 rings (SSSR count). The molecular formula is C30H32N4O6. The first-order chi connectivity index (χ1) is 19.4. The molecule has 1 atom stereocenters. The minimum atomic E-state index is -0.948. The van der Waals surface area contributed by atoms with Crippen LogP contribution in [0.25, 0.3) is 0 Å². The third-order valence-electron chi connectivity index (χ3n) is 7.19. The van der Waals surface area contributed by atoms with Gasteiger partial charge in [0.1, 0.15) is 11.5 Å². The zero-order valence-corrected chi connectivity index (χ0v) is 22.8. The van der Waals surface area contributed by atoms with Crippen molar-refractivity contribution in [1.29, 1.82) is 5.26 Å². The SMILES string of the molecule is CCOC(=O)C1CCN(c2ccccc2N2C(N)=C(C#N)C(c3ccccc3)C(C(=O)OC)=C2C(=O)OC)CC1. The molecule has 10 heteroatoms. The van der Waals surface area contributed by atoms with Crippen molar-refractivity contribution in [2.75, 3.05) is 43.7 Å². The molecule has 0 bridgehead atoms. The Morgan fingerprint density at radius 2 is 1.55 bits per heavy atom. The van der Waals surface area contributed by atoms with Gasteiger partial charge in [0.15, 0.2) is 0 Å². The normalized spacial score (nSPS) is 17.8. The molecule has 1 saturated heterocycles. The second kappa shape index (κ2) is 12.4. The summed E-state index contributed by atoms with van der Waals surface area (Å²) >= 11 is 0. The maximum atomic E-state index is 13.4. The van der Waals surface area contributed by atoms with E-state index in [0.29, 0.717) is 49.5 Å². The van der Waals surface area contributed by atoms with Crippen LogP contribution in [0.5, 0.6) is 0 Å². The predicted molar refractivity (Wildman–Crippen MR) is 148 cm³/mol. The third kappa shape index (κ3) is 5.23. The van der Waals surface area contributed by atoms with Crippen molar-refractivity contribution in [3.8, 4) is 6.07 Å². The number of nitriles is 1. The number of nitrogens with two attached hydrogens (primary N) is 1. The Morgan fingerprint density at radius 1 is 0.950 bits per heavy atom. The number of carbonyl (C=O) groups excluding carboxylic acids is 3. The Hall–Kier alpha value is -4.78. The van der Waals surface area contributed by atoms with Crippen LogP contribution in [0.1, 0.15) is 31.2 Å². The first kappa shape index (κ1) is 28.2. The molecule has 0 aliphatic carbocycles. The van der Waals surface area contributed by atoms with Crippen LogP contribution in [-0.4, -0.2) is 51.8 Å². The van der Waals surface area contributed by atoms with Gasteiger partial charge in [0.05, 0.1) is 61.3 Å². The van der Waals surface area contributed by atoms with Gasteiger partial charge >= 0.3 is 17.9 Å². The van der Waals surface area contributed by atoms with Gasteiger partial charge in [-0.15, -0.1) is 0 Å². The van der Waals surface area contributed by atoms with E-state index in [1.807, 2.05) is 18.2 Å². The van der Waals surface area contributed by atoms with Crippen LogP contribution >= 0.6 is 0 Å². The van der Waals surface area contributed by atoms with E-state index in [-0.39, 0.29) is 34.6 Å². The average molecular weight is 545 g/mol. The molecular weight excluding hydrogens is 512 g/mol. The molecule has 0 radical (unpaired) electrons. The number of esters is 3. The summed E-state index contributed by atoms with van der Waals surface area (Å²) in [6, 6.07) is 18.3. The van der Waals surface area contributed by atoms with Gasteiger partial charge in [-0.25, -0.2) is 9.59 Å². The molecule has 0 saturated carbocycles. The minimum absolute atomic E-state index is 0.00161. The number of hydrogen-bond donors (Lipinski definition) is 1. The maximum absolute atomic E-state index is 13.4. The summed E-state index contributed by atoms with van der Waals surface area (Å²) < 4.78 is 15.5. The highest BCUT2D eigenvalue weighted by atomic mass is 16.5. The van der Waals surface area contributed by atoms with Gasteiger partial charge in [-0.3, -0.25) is 9.69 Å². The van der Waals surface area contributed by atoms with Crippen molar-refractivity contribution in [2.45, 2.75) is 25.7 Å². The standard InChI is InChI=1S/C30H32N4O6/c1-4-40-28(35)20-14-16-33(17-15-20)22-12-8-9-13-23(22)34-26(30(37)39-3)25(29(36)38-2)24(21(18-31)27(34)32)19-10-6-5-7-11-19/h5-13,20,24H,4,14-17,32H2,1-3H3. The zero-order chi connectivity index (χ0) is 28.8. The summed E-state index contributed by atoms with van der Waals surface area (Å²) in [4.78, 5) is 42.5. The van der Waals surface area contributed by atoms with Crippen LogP contribution in [0.3, 0.4) is 0 Å². The van der Waals surface area contributed by atoms with Crippen molar-refractivity contribution in [3.05, 3.63) is 82.8 Å². The van der Waals surface area contributed by atoms with Crippen LogP contribution in [0.15, 0.2) is 77.3 Å². The first-order valence-corrected chi connectivity index (χ1v) is 13.0. The summed E-state index contributed by atoms with van der Waals surface area (Å²) in [5.41, 5.74) is 8.38. The number of nitrogens with zero attached hydrogens (tertiary/aromatic N) is 3. The van der Waals surface area contributed by atoms with Crippen molar-refractivity contribution in [1.82, 2.24) is 0 Å². The lowest BCUT2D eigenvalue weighted by Gasteiger charge is -2.39. The van der Waals surface area contributed by atoms with Crippen molar-refractivity contribution >= 4 is 29.3 Å². The van der Waals surface area contributed by atoms with Crippen LogP contribution in [0.4, 0.5) is 11.4 Å². The number of rotatable bonds is 7. The number of methoxy groups -OCH3 is 2. The van der Waals surface area contributed by atoms with Gasteiger partial charge in [0, 0.05) is 13.1 Å². The van der Waals surface area contributed by atoms with Gasteiger partial charge in [-0.1, -0.05) is 42.5 Å². The Balaban J connectivity index is 1.88. The molecule has 2 aliphatic rings. The second-order valence-corrected chi connectivity index (χ2v) is 9.34. The van der Waals surface area contributed by atoms with E-state index in [0.717, 1.165) is 0 Å². The van der Waals surface area contributed by atoms with Crippen LogP contribution in [-0.2, 0) is 28.6 Å². The highest BCUT2D eigenvalue weighted by Crippen LogP contribution is 2.45. The molecule has 1 fully saturated rings. The van der Waals surface area contributed by atoms with Crippen LogP contribution < -0.4 is 15.5 Å². The van der Waals surface area contributed by atoms with E-state index in [9.17, 15) is 19.6 Å². The minimum Gasteiger partial charge on any atom is -0.466 e. The molecule has 1 unspecified atom stereocenters. The summed E-state index contributed by atoms with van der Waals surface area (Å²) in [5, 5.41) is 10.3. The summed E-state index contributed by atoms with van der Waals surface area (Å²) in [6.07, 6.45) is 1.18. The van der Waals surface area contributed by atoms with E-state index < -0.39 is 17.9 Å². The molecule has 2 aromatic rings. The van der Waals surface area contributed by atoms with Crippen molar-refractivity contribution in [3.63, 3.8) is 0 Å². The number of hydrogen-bond acceptors (Lipinski definition) is 10. The van der Waals surface area contributed by atoms with Gasteiger partial charge in [-0.2, -0.15) is 5.26 Å². The van der Waals surface area contributed by atoms with Crippen LogP contribution in [0, 0.1) is 17.2 Å². The Morgan fingerprint density at radius 3 is 2.12 bits per heavy atom. The smallest absolute Gasteiger partial charge is 0.355 e. The number of ether oxygens (including phenoxy) is 3. The lowest BCUT2D eigenvalue weighted by atomic mass is 9.81. The van der Waals surface area contributed by atoms with Gasteiger partial charge < -0.3 is 24.8 Å². The number of piperidine rings is 1. The molecule has 10 nitrogen and oxygen atoms in total. The van der Waals surface area contributed by atoms with E-state index in [1.165, 1.54) is 19.1 Å². The van der Waals surface area contributed by atoms with E-state index >= 15 is 0 Å².